The first-order chi connectivity index (χ1) is 5.83. The van der Waals surface area contributed by atoms with Crippen molar-refractivity contribution >= 4 is 0 Å². The summed E-state index contributed by atoms with van der Waals surface area (Å²) in [6.45, 7) is 4.13. The first-order valence-corrected chi connectivity index (χ1v) is 4.91. The third-order valence-corrected chi connectivity index (χ3v) is 2.22. The van der Waals surface area contributed by atoms with Crippen molar-refractivity contribution in [2.75, 3.05) is 13.1 Å². The van der Waals surface area contributed by atoms with Crippen molar-refractivity contribution in [1.82, 2.24) is 4.90 Å². The molecular weight excluding hydrogens is 150 g/mol. The van der Waals surface area contributed by atoms with E-state index in [2.05, 4.69) is 24.1 Å². The number of rotatable bonds is 4. The molecule has 0 saturated heterocycles. The highest BCUT2D eigenvalue weighted by molar-refractivity contribution is 4.91. The fourth-order valence-electron chi connectivity index (χ4n) is 1.50. The number of nitrogens with zero attached hydrogens (tertiary/aromatic N) is 1. The number of aliphatic hydroxyl groups excluding tert-OH is 1. The molecule has 0 saturated carbocycles. The van der Waals surface area contributed by atoms with Gasteiger partial charge < -0.3 is 10.0 Å². The summed E-state index contributed by atoms with van der Waals surface area (Å²) >= 11 is 0. The maximum Gasteiger partial charge on any atom is 0.0749 e. The number of aliphatic hydroxyl groups is 1. The van der Waals surface area contributed by atoms with Crippen molar-refractivity contribution < 1.29 is 5.11 Å². The standard InChI is InChI=1S/C10H19NO/c1-2-3-4-7-11-8-5-6-10(12)9-11/h5,8,10,12H,2-4,6-7,9H2,1H3. The Hall–Kier alpha value is -0.500. The van der Waals surface area contributed by atoms with Gasteiger partial charge in [0.05, 0.1) is 6.10 Å². The molecule has 0 aromatic carbocycles. The van der Waals surface area contributed by atoms with Gasteiger partial charge in [0, 0.05) is 13.1 Å². The molecule has 0 radical (unpaired) electrons. The van der Waals surface area contributed by atoms with Gasteiger partial charge in [0.15, 0.2) is 0 Å². The van der Waals surface area contributed by atoms with E-state index >= 15 is 0 Å². The zero-order chi connectivity index (χ0) is 8.81. The van der Waals surface area contributed by atoms with Crippen LogP contribution in [0.2, 0.25) is 0 Å². The lowest BCUT2D eigenvalue weighted by Crippen LogP contribution is -2.31. The van der Waals surface area contributed by atoms with Crippen LogP contribution in [0.4, 0.5) is 0 Å². The van der Waals surface area contributed by atoms with Crippen LogP contribution in [0, 0.1) is 0 Å². The lowest BCUT2D eigenvalue weighted by molar-refractivity contribution is 0.126. The summed E-state index contributed by atoms with van der Waals surface area (Å²) in [6, 6.07) is 0. The molecule has 1 rings (SSSR count). The quantitative estimate of drug-likeness (QED) is 0.648. The molecule has 0 fully saturated rings. The molecule has 0 spiro atoms. The van der Waals surface area contributed by atoms with Gasteiger partial charge in [0.1, 0.15) is 0 Å². The van der Waals surface area contributed by atoms with Gasteiger partial charge in [0.2, 0.25) is 0 Å². The molecule has 0 bridgehead atoms. The molecule has 0 aromatic heterocycles. The van der Waals surface area contributed by atoms with E-state index in [9.17, 15) is 5.11 Å². The molecule has 12 heavy (non-hydrogen) atoms. The van der Waals surface area contributed by atoms with Crippen molar-refractivity contribution in [3.63, 3.8) is 0 Å². The van der Waals surface area contributed by atoms with Crippen LogP contribution in [0.25, 0.3) is 0 Å². The van der Waals surface area contributed by atoms with Gasteiger partial charge in [-0.15, -0.1) is 0 Å². The summed E-state index contributed by atoms with van der Waals surface area (Å²) in [5.41, 5.74) is 0. The van der Waals surface area contributed by atoms with E-state index in [-0.39, 0.29) is 6.10 Å². The minimum atomic E-state index is -0.142. The van der Waals surface area contributed by atoms with Gasteiger partial charge in [-0.1, -0.05) is 25.8 Å². The summed E-state index contributed by atoms with van der Waals surface area (Å²) in [5, 5.41) is 9.34. The van der Waals surface area contributed by atoms with Crippen LogP contribution in [0.3, 0.4) is 0 Å². The lowest BCUT2D eigenvalue weighted by atomic mass is 10.1. The first kappa shape index (κ1) is 9.59. The molecular formula is C10H19NO. The van der Waals surface area contributed by atoms with E-state index in [1.54, 1.807) is 0 Å². The van der Waals surface area contributed by atoms with E-state index < -0.39 is 0 Å². The molecule has 1 atom stereocenters. The van der Waals surface area contributed by atoms with Crippen LogP contribution < -0.4 is 0 Å². The molecule has 0 aliphatic carbocycles. The average molecular weight is 169 g/mol. The molecule has 2 heteroatoms. The molecule has 0 aromatic rings. The van der Waals surface area contributed by atoms with Crippen LogP contribution in [0.5, 0.6) is 0 Å². The fraction of sp³-hybridized carbons (Fsp3) is 0.800. The van der Waals surface area contributed by atoms with Gasteiger partial charge >= 0.3 is 0 Å². The highest BCUT2D eigenvalue weighted by atomic mass is 16.3. The normalized spacial score (nSPS) is 23.2. The third kappa shape index (κ3) is 3.26. The summed E-state index contributed by atoms with van der Waals surface area (Å²) in [7, 11) is 0. The summed E-state index contributed by atoms with van der Waals surface area (Å²) in [5.74, 6) is 0. The number of unbranched alkanes of at least 4 members (excludes halogenated alkanes) is 2. The molecule has 1 heterocycles. The molecule has 1 unspecified atom stereocenters. The Morgan fingerprint density at radius 1 is 1.50 bits per heavy atom. The van der Waals surface area contributed by atoms with Crippen LogP contribution >= 0.6 is 0 Å². The van der Waals surface area contributed by atoms with Crippen LogP contribution in [0.1, 0.15) is 32.6 Å². The fourth-order valence-corrected chi connectivity index (χ4v) is 1.50. The monoisotopic (exact) mass is 169 g/mol. The number of β-amino-alcohol motifs (C(OH)–C–C–N with tert-alkyl or cyclic N) is 1. The van der Waals surface area contributed by atoms with Gasteiger partial charge in [-0.2, -0.15) is 0 Å². The molecule has 2 nitrogen and oxygen atoms in total. The maximum absolute atomic E-state index is 9.34. The summed E-state index contributed by atoms with van der Waals surface area (Å²) in [6.07, 6.45) is 8.65. The largest absolute Gasteiger partial charge is 0.391 e. The Balaban J connectivity index is 2.14. The Kier molecular flexibility index (Phi) is 4.15. The SMILES string of the molecule is CCCCCN1C=CCC(O)C1. The minimum absolute atomic E-state index is 0.142. The van der Waals surface area contributed by atoms with Crippen molar-refractivity contribution in [3.05, 3.63) is 12.3 Å². The zero-order valence-electron chi connectivity index (χ0n) is 7.87. The molecule has 1 aliphatic heterocycles. The third-order valence-electron chi connectivity index (χ3n) is 2.22. The first-order valence-electron chi connectivity index (χ1n) is 4.91. The topological polar surface area (TPSA) is 23.5 Å². The van der Waals surface area contributed by atoms with Gasteiger partial charge in [-0.05, 0) is 19.0 Å². The second-order valence-electron chi connectivity index (χ2n) is 3.48. The smallest absolute Gasteiger partial charge is 0.0749 e. The predicted molar refractivity (Wildman–Crippen MR) is 50.9 cm³/mol. The Labute approximate surface area is 74.9 Å². The average Bonchev–Trinajstić information content (AvgIpc) is 2.05. The van der Waals surface area contributed by atoms with Crippen LogP contribution in [-0.4, -0.2) is 29.2 Å². The van der Waals surface area contributed by atoms with Crippen molar-refractivity contribution in [2.45, 2.75) is 38.7 Å². The lowest BCUT2D eigenvalue weighted by Gasteiger charge is -2.26. The second-order valence-corrected chi connectivity index (χ2v) is 3.48. The van der Waals surface area contributed by atoms with E-state index in [1.165, 1.54) is 19.3 Å². The van der Waals surface area contributed by atoms with Crippen LogP contribution in [-0.2, 0) is 0 Å². The Bertz CT molecular complexity index is 145. The summed E-state index contributed by atoms with van der Waals surface area (Å²) in [4.78, 5) is 2.21. The van der Waals surface area contributed by atoms with Crippen molar-refractivity contribution in [3.8, 4) is 0 Å². The number of hydrogen-bond donors (Lipinski definition) is 1. The van der Waals surface area contributed by atoms with E-state index in [1.807, 2.05) is 0 Å². The molecule has 0 amide bonds. The zero-order valence-corrected chi connectivity index (χ0v) is 7.87. The van der Waals surface area contributed by atoms with E-state index in [0.29, 0.717) is 0 Å². The second kappa shape index (κ2) is 5.20. The van der Waals surface area contributed by atoms with Crippen LogP contribution in [0.15, 0.2) is 12.3 Å². The van der Waals surface area contributed by atoms with E-state index in [4.69, 9.17) is 0 Å². The van der Waals surface area contributed by atoms with Crippen molar-refractivity contribution in [1.29, 1.82) is 0 Å². The minimum Gasteiger partial charge on any atom is -0.391 e. The van der Waals surface area contributed by atoms with Gasteiger partial charge in [0.25, 0.3) is 0 Å². The predicted octanol–water partition coefficient (Wildman–Crippen LogP) is 1.76. The highest BCUT2D eigenvalue weighted by Gasteiger charge is 2.10. The number of hydrogen-bond acceptors (Lipinski definition) is 2. The molecule has 1 aliphatic rings. The van der Waals surface area contributed by atoms with Crippen molar-refractivity contribution in [2.24, 2.45) is 0 Å². The molecule has 1 N–H and O–H groups in total. The summed E-state index contributed by atoms with van der Waals surface area (Å²) < 4.78 is 0. The van der Waals surface area contributed by atoms with Gasteiger partial charge in [-0.3, -0.25) is 0 Å². The Morgan fingerprint density at radius 2 is 2.33 bits per heavy atom. The van der Waals surface area contributed by atoms with E-state index in [0.717, 1.165) is 19.5 Å². The maximum atomic E-state index is 9.34. The highest BCUT2D eigenvalue weighted by Crippen LogP contribution is 2.08. The Morgan fingerprint density at radius 3 is 3.00 bits per heavy atom. The molecule has 70 valence electrons. The van der Waals surface area contributed by atoms with Gasteiger partial charge in [-0.25, -0.2) is 0 Å².